The van der Waals surface area contributed by atoms with Crippen LogP contribution in [-0.4, -0.2) is 9.97 Å². The Balaban J connectivity index is 1.98. The minimum atomic E-state index is -1.87. The Morgan fingerprint density at radius 3 is 1.30 bits per heavy atom. The molecule has 5 aromatic rings. The van der Waals surface area contributed by atoms with Gasteiger partial charge in [0.25, 0.3) is 0 Å². The highest BCUT2D eigenvalue weighted by molar-refractivity contribution is 6.03. The molecule has 2 nitrogen and oxygen atoms in total. The van der Waals surface area contributed by atoms with Crippen LogP contribution in [0.1, 0.15) is 0 Å². The molecule has 5 rings (SSSR count). The molecule has 0 N–H and O–H groups in total. The molecule has 3 aromatic carbocycles. The van der Waals surface area contributed by atoms with Gasteiger partial charge >= 0.3 is 0 Å². The van der Waals surface area contributed by atoms with Crippen molar-refractivity contribution in [2.24, 2.45) is 0 Å². The van der Waals surface area contributed by atoms with Crippen molar-refractivity contribution in [2.45, 2.75) is 0 Å². The third-order valence-electron chi connectivity index (χ3n) is 5.07. The van der Waals surface area contributed by atoms with E-state index in [1.54, 1.807) is 48.5 Å². The lowest BCUT2D eigenvalue weighted by molar-refractivity contribution is 0.412. The van der Waals surface area contributed by atoms with Crippen LogP contribution in [0.25, 0.3) is 44.1 Å². The minimum absolute atomic E-state index is 0.159. The second kappa shape index (κ2) is 6.91. The smallest absolute Gasteiger partial charge is 0.198 e. The Bertz CT molecular complexity index is 1330. The maximum atomic E-state index is 15.2. The highest BCUT2D eigenvalue weighted by atomic mass is 19.2. The lowest BCUT2D eigenvalue weighted by Crippen LogP contribution is -2.04. The van der Waals surface area contributed by atoms with Crippen molar-refractivity contribution in [3.63, 3.8) is 0 Å². The summed E-state index contributed by atoms with van der Waals surface area (Å²) in [5.74, 6) is -6.69. The van der Waals surface area contributed by atoms with Crippen LogP contribution in [0.2, 0.25) is 0 Å². The van der Waals surface area contributed by atoms with E-state index < -0.39 is 34.4 Å². The standard InChI is InChI=1S/C24H12F4N2/c25-19-17(15-9-1-5-13-7-3-11-29-23(13)15)18(20(26)22(28)21(19)27)16-10-2-6-14-8-4-12-30-24(14)16/h1-12H. The molecule has 2 heterocycles. The fourth-order valence-corrected chi connectivity index (χ4v) is 3.75. The van der Waals surface area contributed by atoms with Gasteiger partial charge in [-0.25, -0.2) is 17.6 Å². The van der Waals surface area contributed by atoms with Crippen molar-refractivity contribution < 1.29 is 17.6 Å². The summed E-state index contributed by atoms with van der Waals surface area (Å²) in [6.07, 6.45) is 3.00. The summed E-state index contributed by atoms with van der Waals surface area (Å²) in [6.45, 7) is 0. The number of nitrogens with zero attached hydrogens (tertiary/aromatic N) is 2. The zero-order chi connectivity index (χ0) is 20.8. The van der Waals surface area contributed by atoms with Crippen LogP contribution < -0.4 is 0 Å². The van der Waals surface area contributed by atoms with E-state index in [1.807, 2.05) is 0 Å². The molecule has 0 saturated carbocycles. The fraction of sp³-hybridized carbons (Fsp3) is 0. The number of hydrogen-bond acceptors (Lipinski definition) is 2. The number of fused-ring (bicyclic) bond motifs is 2. The predicted molar refractivity (Wildman–Crippen MR) is 108 cm³/mol. The zero-order valence-corrected chi connectivity index (χ0v) is 15.3. The molecular formula is C24H12F4N2. The molecule has 0 amide bonds. The molecule has 0 saturated heterocycles. The molecule has 146 valence electrons. The lowest BCUT2D eigenvalue weighted by atomic mass is 9.90. The summed E-state index contributed by atoms with van der Waals surface area (Å²) in [5, 5.41) is 1.31. The van der Waals surface area contributed by atoms with E-state index in [0.29, 0.717) is 21.8 Å². The van der Waals surface area contributed by atoms with Gasteiger partial charge in [0.05, 0.1) is 11.0 Å². The number of pyridine rings is 2. The van der Waals surface area contributed by atoms with Crippen LogP contribution >= 0.6 is 0 Å². The third kappa shape index (κ3) is 2.64. The van der Waals surface area contributed by atoms with Gasteiger partial charge in [0.2, 0.25) is 0 Å². The van der Waals surface area contributed by atoms with Crippen molar-refractivity contribution >= 4 is 21.8 Å². The average Bonchev–Trinajstić information content (AvgIpc) is 2.79. The van der Waals surface area contributed by atoms with Gasteiger partial charge in [0.1, 0.15) is 0 Å². The Hall–Kier alpha value is -3.80. The highest BCUT2D eigenvalue weighted by Crippen LogP contribution is 2.42. The molecule has 6 heteroatoms. The van der Waals surface area contributed by atoms with E-state index in [-0.39, 0.29) is 11.1 Å². The highest BCUT2D eigenvalue weighted by Gasteiger charge is 2.29. The summed E-state index contributed by atoms with van der Waals surface area (Å²) in [4.78, 5) is 8.51. The van der Waals surface area contributed by atoms with E-state index in [2.05, 4.69) is 9.97 Å². The second-order valence-electron chi connectivity index (χ2n) is 6.77. The minimum Gasteiger partial charge on any atom is -0.256 e. The first-order chi connectivity index (χ1) is 14.6. The molecule has 0 atom stereocenters. The Morgan fingerprint density at radius 1 is 0.467 bits per heavy atom. The molecule has 30 heavy (non-hydrogen) atoms. The fourth-order valence-electron chi connectivity index (χ4n) is 3.75. The van der Waals surface area contributed by atoms with Crippen LogP contribution in [0.15, 0.2) is 73.1 Å². The van der Waals surface area contributed by atoms with Gasteiger partial charge < -0.3 is 0 Å². The summed E-state index contributed by atoms with van der Waals surface area (Å²) < 4.78 is 59.0. The van der Waals surface area contributed by atoms with Crippen molar-refractivity contribution in [3.05, 3.63) is 96.3 Å². The topological polar surface area (TPSA) is 25.8 Å². The van der Waals surface area contributed by atoms with E-state index >= 15 is 8.78 Å². The molecule has 2 aromatic heterocycles. The monoisotopic (exact) mass is 404 g/mol. The van der Waals surface area contributed by atoms with Crippen LogP contribution in [0, 0.1) is 23.3 Å². The van der Waals surface area contributed by atoms with Crippen molar-refractivity contribution in [2.75, 3.05) is 0 Å². The summed E-state index contributed by atoms with van der Waals surface area (Å²) in [5.41, 5.74) is 0.220. The molecular weight excluding hydrogens is 392 g/mol. The number of rotatable bonds is 2. The van der Waals surface area contributed by atoms with Crippen LogP contribution in [0.4, 0.5) is 17.6 Å². The molecule has 0 fully saturated rings. The number of hydrogen-bond donors (Lipinski definition) is 0. The summed E-state index contributed by atoms with van der Waals surface area (Å²) >= 11 is 0. The molecule has 0 unspecified atom stereocenters. The maximum absolute atomic E-state index is 15.2. The first-order valence-corrected chi connectivity index (χ1v) is 9.12. The SMILES string of the molecule is Fc1c(F)c(F)c(-c2cccc3cccnc23)c(-c2cccc3cccnc23)c1F. The van der Waals surface area contributed by atoms with Gasteiger partial charge in [-0.15, -0.1) is 0 Å². The zero-order valence-electron chi connectivity index (χ0n) is 15.3. The predicted octanol–water partition coefficient (Wildman–Crippen LogP) is 6.67. The molecule has 0 spiro atoms. The quantitative estimate of drug-likeness (QED) is 0.186. The van der Waals surface area contributed by atoms with E-state index in [4.69, 9.17) is 0 Å². The molecule has 0 aliphatic rings. The Kier molecular flexibility index (Phi) is 4.20. The first-order valence-electron chi connectivity index (χ1n) is 9.12. The van der Waals surface area contributed by atoms with E-state index in [0.717, 1.165) is 0 Å². The van der Waals surface area contributed by atoms with Crippen LogP contribution in [0.5, 0.6) is 0 Å². The summed E-state index contributed by atoms with van der Waals surface area (Å²) in [6, 6.07) is 16.7. The van der Waals surface area contributed by atoms with Gasteiger partial charge in [-0.3, -0.25) is 9.97 Å². The maximum Gasteiger partial charge on any atom is 0.198 e. The lowest BCUT2D eigenvalue weighted by Gasteiger charge is -2.16. The largest absolute Gasteiger partial charge is 0.256 e. The van der Waals surface area contributed by atoms with Crippen molar-refractivity contribution in [1.82, 2.24) is 9.97 Å². The van der Waals surface area contributed by atoms with Crippen LogP contribution in [0.3, 0.4) is 0 Å². The number of benzene rings is 3. The Morgan fingerprint density at radius 2 is 0.867 bits per heavy atom. The number of halogens is 4. The number of aromatic nitrogens is 2. The van der Waals surface area contributed by atoms with Gasteiger partial charge in [-0.2, -0.15) is 0 Å². The summed E-state index contributed by atoms with van der Waals surface area (Å²) in [7, 11) is 0. The van der Waals surface area contributed by atoms with Gasteiger partial charge in [-0.05, 0) is 12.1 Å². The number of para-hydroxylation sites is 2. The molecule has 0 aliphatic carbocycles. The van der Waals surface area contributed by atoms with E-state index in [1.165, 1.54) is 24.5 Å². The molecule has 0 radical (unpaired) electrons. The van der Waals surface area contributed by atoms with Gasteiger partial charge in [0, 0.05) is 45.4 Å². The van der Waals surface area contributed by atoms with Crippen molar-refractivity contribution in [3.8, 4) is 22.3 Å². The van der Waals surface area contributed by atoms with Crippen LogP contribution in [-0.2, 0) is 0 Å². The van der Waals surface area contributed by atoms with Gasteiger partial charge in [0.15, 0.2) is 23.3 Å². The van der Waals surface area contributed by atoms with Crippen molar-refractivity contribution in [1.29, 1.82) is 0 Å². The molecule has 0 aliphatic heterocycles. The second-order valence-corrected chi connectivity index (χ2v) is 6.77. The van der Waals surface area contributed by atoms with Gasteiger partial charge in [-0.1, -0.05) is 48.5 Å². The normalized spacial score (nSPS) is 11.3. The first kappa shape index (κ1) is 18.2. The molecule has 0 bridgehead atoms. The third-order valence-corrected chi connectivity index (χ3v) is 5.07. The average molecular weight is 404 g/mol. The Labute approximate surface area is 168 Å². The van der Waals surface area contributed by atoms with E-state index in [9.17, 15) is 8.78 Å².